The van der Waals surface area contributed by atoms with Crippen LogP contribution >= 0.6 is 0 Å². The van der Waals surface area contributed by atoms with E-state index in [1.807, 2.05) is 17.0 Å². The molecule has 7 heteroatoms. The number of amides is 1. The van der Waals surface area contributed by atoms with Crippen molar-refractivity contribution < 1.29 is 28.6 Å². The molecule has 7 nitrogen and oxygen atoms in total. The second-order valence-corrected chi connectivity index (χ2v) is 13.2. The first-order valence-electron chi connectivity index (χ1n) is 18.2. The van der Waals surface area contributed by atoms with E-state index in [1.54, 1.807) is 6.92 Å². The van der Waals surface area contributed by atoms with E-state index in [-0.39, 0.29) is 5.91 Å². The van der Waals surface area contributed by atoms with Crippen molar-refractivity contribution in [3.8, 4) is 5.75 Å². The predicted octanol–water partition coefficient (Wildman–Crippen LogP) is 9.45. The standard InChI is InChI=1S/C41H61NO6/c1-33-26-34(2)29-38(28-33)32-42(37(5)43)22-16-12-10-8-6-7-9-11-13-18-24-47-40(44)20-21-41(45)48-25-19-15-14-17-23-46-39-30-35(3)27-36(4)31-39/h20-21,26-31H,6-19,22-25,32H2,1-5H3/b21-20-. The van der Waals surface area contributed by atoms with Gasteiger partial charge in [-0.1, -0.05) is 86.8 Å². The Balaban J connectivity index is 1.36. The molecule has 48 heavy (non-hydrogen) atoms. The maximum absolute atomic E-state index is 12.1. The molecule has 2 aromatic rings. The largest absolute Gasteiger partial charge is 0.494 e. The number of benzene rings is 2. The van der Waals surface area contributed by atoms with Crippen molar-refractivity contribution in [2.45, 2.75) is 131 Å². The molecule has 0 saturated carbocycles. The molecule has 0 atom stereocenters. The predicted molar refractivity (Wildman–Crippen MR) is 194 cm³/mol. The Morgan fingerprint density at radius 1 is 0.542 bits per heavy atom. The van der Waals surface area contributed by atoms with Gasteiger partial charge in [-0.25, -0.2) is 9.59 Å². The third-order valence-corrected chi connectivity index (χ3v) is 8.27. The van der Waals surface area contributed by atoms with Crippen LogP contribution in [0.15, 0.2) is 48.6 Å². The van der Waals surface area contributed by atoms with Gasteiger partial charge in [-0.05, 0) is 95.0 Å². The molecule has 0 N–H and O–H groups in total. The van der Waals surface area contributed by atoms with Crippen LogP contribution in [0.3, 0.4) is 0 Å². The molecule has 1 amide bonds. The Hall–Kier alpha value is -3.61. The van der Waals surface area contributed by atoms with E-state index in [4.69, 9.17) is 14.2 Å². The van der Waals surface area contributed by atoms with Crippen LogP contribution in [0.5, 0.6) is 5.75 Å². The second-order valence-electron chi connectivity index (χ2n) is 13.2. The zero-order valence-electron chi connectivity index (χ0n) is 30.5. The van der Waals surface area contributed by atoms with Gasteiger partial charge in [-0.2, -0.15) is 0 Å². The zero-order chi connectivity index (χ0) is 35.0. The summed E-state index contributed by atoms with van der Waals surface area (Å²) in [4.78, 5) is 37.8. The van der Waals surface area contributed by atoms with Crippen LogP contribution in [-0.4, -0.2) is 49.1 Å². The average molecular weight is 664 g/mol. The molecule has 0 spiro atoms. The van der Waals surface area contributed by atoms with Gasteiger partial charge in [0, 0.05) is 32.2 Å². The molecule has 0 radical (unpaired) electrons. The average Bonchev–Trinajstić information content (AvgIpc) is 3.01. The van der Waals surface area contributed by atoms with E-state index in [1.165, 1.54) is 59.9 Å². The monoisotopic (exact) mass is 663 g/mol. The van der Waals surface area contributed by atoms with Gasteiger partial charge in [-0.15, -0.1) is 0 Å². The van der Waals surface area contributed by atoms with Crippen LogP contribution in [0.4, 0.5) is 0 Å². The first-order chi connectivity index (χ1) is 23.1. The highest BCUT2D eigenvalue weighted by Crippen LogP contribution is 2.17. The number of ether oxygens (including phenoxy) is 3. The van der Waals surface area contributed by atoms with Crippen LogP contribution in [-0.2, 0) is 30.4 Å². The van der Waals surface area contributed by atoms with Crippen molar-refractivity contribution in [3.63, 3.8) is 0 Å². The lowest BCUT2D eigenvalue weighted by molar-refractivity contribution is -0.140. The zero-order valence-corrected chi connectivity index (χ0v) is 30.5. The fourth-order valence-corrected chi connectivity index (χ4v) is 5.89. The van der Waals surface area contributed by atoms with E-state index in [0.717, 1.165) is 82.2 Å². The molecule has 0 aliphatic heterocycles. The second kappa shape index (κ2) is 24.5. The number of hydrogen-bond acceptors (Lipinski definition) is 6. The topological polar surface area (TPSA) is 82.1 Å². The highest BCUT2D eigenvalue weighted by atomic mass is 16.5. The van der Waals surface area contributed by atoms with Crippen molar-refractivity contribution in [2.75, 3.05) is 26.4 Å². The van der Waals surface area contributed by atoms with E-state index < -0.39 is 11.9 Å². The normalized spacial score (nSPS) is 11.1. The number of carbonyl (C=O) groups excluding carboxylic acids is 3. The Bertz CT molecular complexity index is 1230. The lowest BCUT2D eigenvalue weighted by Gasteiger charge is -2.21. The number of hydrogen-bond donors (Lipinski definition) is 0. The minimum absolute atomic E-state index is 0.143. The summed E-state index contributed by atoms with van der Waals surface area (Å²) < 4.78 is 16.2. The molecule has 0 bridgehead atoms. The van der Waals surface area contributed by atoms with Crippen molar-refractivity contribution in [1.29, 1.82) is 0 Å². The Kier molecular flexibility index (Phi) is 20.7. The summed E-state index contributed by atoms with van der Waals surface area (Å²) >= 11 is 0. The summed E-state index contributed by atoms with van der Waals surface area (Å²) in [5, 5.41) is 0. The molecule has 0 unspecified atom stereocenters. The first-order valence-corrected chi connectivity index (χ1v) is 18.2. The molecule has 0 fully saturated rings. The molecule has 266 valence electrons. The lowest BCUT2D eigenvalue weighted by atomic mass is 10.1. The molecule has 2 aromatic carbocycles. The lowest BCUT2D eigenvalue weighted by Crippen LogP contribution is -2.29. The fraction of sp³-hybridized carbons (Fsp3) is 0.585. The highest BCUT2D eigenvalue weighted by Gasteiger charge is 2.10. The minimum atomic E-state index is -0.517. The van der Waals surface area contributed by atoms with Crippen LogP contribution < -0.4 is 4.74 Å². The molecule has 0 aromatic heterocycles. The van der Waals surface area contributed by atoms with Crippen molar-refractivity contribution in [1.82, 2.24) is 4.90 Å². The SMILES string of the molecule is CC(=O)N(CCCCCCCCCCCCOC(=O)/C=C\C(=O)OCCCCCCOc1cc(C)cc(C)c1)Cc1cc(C)cc(C)c1. The van der Waals surface area contributed by atoms with Crippen LogP contribution in [0.1, 0.15) is 125 Å². The maximum atomic E-state index is 12.1. The number of esters is 2. The molecule has 0 aliphatic carbocycles. The molecule has 2 rings (SSSR count). The van der Waals surface area contributed by atoms with Crippen molar-refractivity contribution in [3.05, 3.63) is 76.4 Å². The quantitative estimate of drug-likeness (QED) is 0.0598. The van der Waals surface area contributed by atoms with E-state index >= 15 is 0 Å². The van der Waals surface area contributed by atoms with E-state index in [0.29, 0.717) is 26.4 Å². The van der Waals surface area contributed by atoms with Gasteiger partial charge >= 0.3 is 11.9 Å². The number of carbonyl (C=O) groups is 3. The Morgan fingerprint density at radius 3 is 1.40 bits per heavy atom. The Labute approximate surface area is 290 Å². The van der Waals surface area contributed by atoms with E-state index in [9.17, 15) is 14.4 Å². The Morgan fingerprint density at radius 2 is 0.938 bits per heavy atom. The molecule has 0 heterocycles. The van der Waals surface area contributed by atoms with Crippen molar-refractivity contribution >= 4 is 17.8 Å². The summed E-state index contributed by atoms with van der Waals surface area (Å²) in [6.07, 6.45) is 17.2. The molecular weight excluding hydrogens is 602 g/mol. The minimum Gasteiger partial charge on any atom is -0.494 e. The van der Waals surface area contributed by atoms with Gasteiger partial charge in [0.05, 0.1) is 19.8 Å². The third-order valence-electron chi connectivity index (χ3n) is 8.27. The summed E-state index contributed by atoms with van der Waals surface area (Å²) in [7, 11) is 0. The number of aryl methyl sites for hydroxylation is 4. The maximum Gasteiger partial charge on any atom is 0.331 e. The highest BCUT2D eigenvalue weighted by molar-refractivity contribution is 5.91. The summed E-state index contributed by atoms with van der Waals surface area (Å²) in [5.41, 5.74) is 6.09. The summed E-state index contributed by atoms with van der Waals surface area (Å²) in [6, 6.07) is 12.7. The number of unbranched alkanes of at least 4 members (excludes halogenated alkanes) is 12. The van der Waals surface area contributed by atoms with Gasteiger partial charge in [0.1, 0.15) is 5.75 Å². The van der Waals surface area contributed by atoms with Gasteiger partial charge < -0.3 is 19.1 Å². The van der Waals surface area contributed by atoms with Crippen LogP contribution in [0.2, 0.25) is 0 Å². The number of rotatable bonds is 25. The number of nitrogens with zero attached hydrogens (tertiary/aromatic N) is 1. The van der Waals surface area contributed by atoms with Crippen molar-refractivity contribution in [2.24, 2.45) is 0 Å². The van der Waals surface area contributed by atoms with Gasteiger partial charge in [-0.3, -0.25) is 4.79 Å². The third kappa shape index (κ3) is 19.9. The smallest absolute Gasteiger partial charge is 0.331 e. The molecule has 0 saturated heterocycles. The molecular formula is C41H61NO6. The fourth-order valence-electron chi connectivity index (χ4n) is 5.89. The van der Waals surface area contributed by atoms with E-state index in [2.05, 4.69) is 52.0 Å². The van der Waals surface area contributed by atoms with Gasteiger partial charge in [0.15, 0.2) is 0 Å². The molecule has 0 aliphatic rings. The van der Waals surface area contributed by atoms with Crippen LogP contribution in [0.25, 0.3) is 0 Å². The first kappa shape index (κ1) is 40.6. The van der Waals surface area contributed by atoms with Gasteiger partial charge in [0.25, 0.3) is 0 Å². The summed E-state index contributed by atoms with van der Waals surface area (Å²) in [6.45, 7) is 12.9. The van der Waals surface area contributed by atoms with Crippen LogP contribution in [0, 0.1) is 27.7 Å². The van der Waals surface area contributed by atoms with Gasteiger partial charge in [0.2, 0.25) is 5.91 Å². The summed E-state index contributed by atoms with van der Waals surface area (Å²) in [5.74, 6) is 0.0325.